The van der Waals surface area contributed by atoms with Crippen molar-refractivity contribution in [3.05, 3.63) is 40.7 Å². The number of aromatic nitrogens is 2. The number of methoxy groups -OCH3 is 1. The van der Waals surface area contributed by atoms with Crippen LogP contribution in [0.3, 0.4) is 0 Å². The SMILES string of the molecule is COc1c(C#N)ccc(OC(C)C)c1C(=O)N1CCc2c(cnn2C2CCOCC2)C1. The lowest BCUT2D eigenvalue weighted by atomic mass is 10.0. The van der Waals surface area contributed by atoms with Crippen molar-refractivity contribution in [1.82, 2.24) is 14.7 Å². The number of ether oxygens (including phenoxy) is 3. The molecule has 0 radical (unpaired) electrons. The molecule has 0 aliphatic carbocycles. The molecular formula is C23H28N4O4. The van der Waals surface area contributed by atoms with Crippen molar-refractivity contribution >= 4 is 5.91 Å². The van der Waals surface area contributed by atoms with Gasteiger partial charge < -0.3 is 19.1 Å². The third kappa shape index (κ3) is 4.10. The Kier molecular flexibility index (Phi) is 6.14. The second kappa shape index (κ2) is 8.98. The number of amides is 1. The van der Waals surface area contributed by atoms with Crippen molar-refractivity contribution in [3.63, 3.8) is 0 Å². The largest absolute Gasteiger partial charge is 0.494 e. The summed E-state index contributed by atoms with van der Waals surface area (Å²) < 4.78 is 19.0. The van der Waals surface area contributed by atoms with Crippen LogP contribution in [-0.4, -0.2) is 53.6 Å². The van der Waals surface area contributed by atoms with Gasteiger partial charge in [-0.15, -0.1) is 0 Å². The summed E-state index contributed by atoms with van der Waals surface area (Å²) in [5.74, 6) is 0.489. The van der Waals surface area contributed by atoms with E-state index in [2.05, 4.69) is 15.8 Å². The third-order valence-electron chi connectivity index (χ3n) is 5.81. The number of nitriles is 1. The fourth-order valence-electron chi connectivity index (χ4n) is 4.35. The summed E-state index contributed by atoms with van der Waals surface area (Å²) in [6.45, 7) is 6.36. The van der Waals surface area contributed by atoms with Gasteiger partial charge in [-0.1, -0.05) is 0 Å². The molecule has 1 aromatic carbocycles. The minimum Gasteiger partial charge on any atom is -0.494 e. The Morgan fingerprint density at radius 3 is 2.77 bits per heavy atom. The molecule has 0 atom stereocenters. The van der Waals surface area contributed by atoms with E-state index in [-0.39, 0.29) is 17.8 Å². The number of carbonyl (C=O) groups excluding carboxylic acids is 1. The zero-order valence-corrected chi connectivity index (χ0v) is 18.3. The molecule has 0 N–H and O–H groups in total. The predicted molar refractivity (Wildman–Crippen MR) is 113 cm³/mol. The van der Waals surface area contributed by atoms with E-state index in [1.165, 1.54) is 12.8 Å². The van der Waals surface area contributed by atoms with E-state index in [0.717, 1.165) is 38.0 Å². The van der Waals surface area contributed by atoms with Crippen LogP contribution in [-0.2, 0) is 17.7 Å². The maximum absolute atomic E-state index is 13.6. The number of hydrogen-bond acceptors (Lipinski definition) is 6. The van der Waals surface area contributed by atoms with Crippen molar-refractivity contribution in [1.29, 1.82) is 5.26 Å². The molecule has 31 heavy (non-hydrogen) atoms. The molecule has 3 heterocycles. The number of hydrogen-bond donors (Lipinski definition) is 0. The molecule has 0 spiro atoms. The highest BCUT2D eigenvalue weighted by molar-refractivity contribution is 6.00. The van der Waals surface area contributed by atoms with E-state index < -0.39 is 0 Å². The van der Waals surface area contributed by atoms with Crippen LogP contribution in [0.4, 0.5) is 0 Å². The van der Waals surface area contributed by atoms with Crippen LogP contribution in [0.1, 0.15) is 59.9 Å². The van der Waals surface area contributed by atoms with Crippen molar-refractivity contribution in [2.45, 2.75) is 51.8 Å². The molecule has 1 aromatic heterocycles. The summed E-state index contributed by atoms with van der Waals surface area (Å²) in [5.41, 5.74) is 2.88. The standard InChI is InChI=1S/C23H28N4O4/c1-15(2)31-20-5-4-16(12-24)22(29-3)21(20)23(28)26-9-6-19-17(14-26)13-25-27(19)18-7-10-30-11-8-18/h4-5,13,15,18H,6-11,14H2,1-3H3. The van der Waals surface area contributed by atoms with Gasteiger partial charge in [0.25, 0.3) is 5.91 Å². The van der Waals surface area contributed by atoms with Crippen LogP contribution in [0.25, 0.3) is 0 Å². The van der Waals surface area contributed by atoms with Crippen molar-refractivity contribution in [2.75, 3.05) is 26.9 Å². The predicted octanol–water partition coefficient (Wildman–Crippen LogP) is 3.10. The number of fused-ring (bicyclic) bond motifs is 1. The normalized spacial score (nSPS) is 16.7. The molecule has 164 valence electrons. The molecule has 2 aromatic rings. The van der Waals surface area contributed by atoms with Crippen LogP contribution in [0.15, 0.2) is 18.3 Å². The summed E-state index contributed by atoms with van der Waals surface area (Å²) in [6, 6.07) is 5.76. The van der Waals surface area contributed by atoms with Gasteiger partial charge in [-0.3, -0.25) is 9.48 Å². The second-order valence-corrected chi connectivity index (χ2v) is 8.18. The van der Waals surface area contributed by atoms with Crippen LogP contribution in [0.5, 0.6) is 11.5 Å². The van der Waals surface area contributed by atoms with Gasteiger partial charge in [-0.05, 0) is 38.8 Å². The Morgan fingerprint density at radius 1 is 1.32 bits per heavy atom. The van der Waals surface area contributed by atoms with Gasteiger partial charge in [0, 0.05) is 44.0 Å². The monoisotopic (exact) mass is 424 g/mol. The summed E-state index contributed by atoms with van der Waals surface area (Å²) in [6.07, 6.45) is 4.42. The first-order valence-electron chi connectivity index (χ1n) is 10.7. The minimum absolute atomic E-state index is 0.116. The van der Waals surface area contributed by atoms with Gasteiger partial charge in [0.15, 0.2) is 5.75 Å². The zero-order valence-electron chi connectivity index (χ0n) is 18.3. The van der Waals surface area contributed by atoms with E-state index in [1.54, 1.807) is 17.0 Å². The van der Waals surface area contributed by atoms with E-state index in [4.69, 9.17) is 14.2 Å². The molecule has 4 rings (SSSR count). The Hall–Kier alpha value is -3.05. The highest BCUT2D eigenvalue weighted by Gasteiger charge is 2.31. The molecular weight excluding hydrogens is 396 g/mol. The molecule has 2 aliphatic heterocycles. The van der Waals surface area contributed by atoms with E-state index in [9.17, 15) is 10.1 Å². The molecule has 0 saturated carbocycles. The smallest absolute Gasteiger partial charge is 0.261 e. The average Bonchev–Trinajstić information content (AvgIpc) is 3.21. The fourth-order valence-corrected chi connectivity index (χ4v) is 4.35. The van der Waals surface area contributed by atoms with Crippen LogP contribution >= 0.6 is 0 Å². The number of carbonyl (C=O) groups is 1. The molecule has 1 fully saturated rings. The Labute approximate surface area is 182 Å². The maximum atomic E-state index is 13.6. The van der Waals surface area contributed by atoms with Crippen LogP contribution in [0.2, 0.25) is 0 Å². The molecule has 1 saturated heterocycles. The summed E-state index contributed by atoms with van der Waals surface area (Å²) in [4.78, 5) is 15.4. The minimum atomic E-state index is -0.200. The van der Waals surface area contributed by atoms with E-state index in [0.29, 0.717) is 36.0 Å². The van der Waals surface area contributed by atoms with Gasteiger partial charge in [0.1, 0.15) is 17.4 Å². The third-order valence-corrected chi connectivity index (χ3v) is 5.81. The second-order valence-electron chi connectivity index (χ2n) is 8.18. The molecule has 2 aliphatic rings. The lowest BCUT2D eigenvalue weighted by Crippen LogP contribution is -2.37. The number of rotatable bonds is 5. The van der Waals surface area contributed by atoms with Crippen molar-refractivity contribution < 1.29 is 19.0 Å². The molecule has 8 heteroatoms. The van der Waals surface area contributed by atoms with Gasteiger partial charge >= 0.3 is 0 Å². The summed E-state index contributed by atoms with van der Waals surface area (Å²) in [5, 5.41) is 14.1. The lowest BCUT2D eigenvalue weighted by molar-refractivity contribution is 0.0642. The topological polar surface area (TPSA) is 89.6 Å². The summed E-state index contributed by atoms with van der Waals surface area (Å²) in [7, 11) is 1.47. The first-order valence-corrected chi connectivity index (χ1v) is 10.7. The first kappa shape index (κ1) is 21.2. The number of nitrogens with zero attached hydrogens (tertiary/aromatic N) is 4. The summed E-state index contributed by atoms with van der Waals surface area (Å²) >= 11 is 0. The van der Waals surface area contributed by atoms with Crippen molar-refractivity contribution in [2.24, 2.45) is 0 Å². The van der Waals surface area contributed by atoms with E-state index in [1.807, 2.05) is 20.0 Å². The van der Waals surface area contributed by atoms with Gasteiger partial charge in [0.05, 0.1) is 31.0 Å². The highest BCUT2D eigenvalue weighted by atomic mass is 16.5. The quantitative estimate of drug-likeness (QED) is 0.733. The molecule has 8 nitrogen and oxygen atoms in total. The Morgan fingerprint density at radius 2 is 2.10 bits per heavy atom. The van der Waals surface area contributed by atoms with Crippen molar-refractivity contribution in [3.8, 4) is 17.6 Å². The maximum Gasteiger partial charge on any atom is 0.261 e. The van der Waals surface area contributed by atoms with Gasteiger partial charge in [-0.25, -0.2) is 0 Å². The molecule has 1 amide bonds. The molecule has 0 bridgehead atoms. The Balaban J connectivity index is 1.63. The first-order chi connectivity index (χ1) is 15.0. The van der Waals surface area contributed by atoms with E-state index >= 15 is 0 Å². The highest BCUT2D eigenvalue weighted by Crippen LogP contribution is 2.35. The Bertz CT molecular complexity index is 1000. The van der Waals surface area contributed by atoms with Gasteiger partial charge in [0.2, 0.25) is 0 Å². The van der Waals surface area contributed by atoms with Crippen LogP contribution < -0.4 is 9.47 Å². The zero-order chi connectivity index (χ0) is 22.0. The lowest BCUT2D eigenvalue weighted by Gasteiger charge is -2.31. The van der Waals surface area contributed by atoms with Gasteiger partial charge in [-0.2, -0.15) is 10.4 Å². The number of benzene rings is 1. The molecule has 0 unspecified atom stereocenters. The average molecular weight is 425 g/mol. The van der Waals surface area contributed by atoms with Crippen LogP contribution in [0, 0.1) is 11.3 Å². The fraction of sp³-hybridized carbons (Fsp3) is 0.522.